The molecule has 0 amide bonds. The summed E-state index contributed by atoms with van der Waals surface area (Å²) in [6, 6.07) is 0. The fraction of sp³-hybridized carbons (Fsp3) is 0.556. The molecule has 102 valence electrons. The van der Waals surface area contributed by atoms with E-state index in [9.17, 15) is 22.4 Å². The van der Waals surface area contributed by atoms with Crippen molar-refractivity contribution in [2.75, 3.05) is 0 Å². The Kier molecular flexibility index (Phi) is 5.12. The number of hydrogen-bond acceptors (Lipinski definition) is 2. The van der Waals surface area contributed by atoms with Crippen molar-refractivity contribution in [3.63, 3.8) is 0 Å². The van der Waals surface area contributed by atoms with Crippen LogP contribution in [0.1, 0.15) is 37.1 Å². The summed E-state index contributed by atoms with van der Waals surface area (Å²) in [7, 11) is 0. The number of nitrogens with zero attached hydrogens (tertiary/aromatic N) is 2. The molecule has 1 N–H and O–H groups in total. The molecule has 18 heavy (non-hydrogen) atoms. The van der Waals surface area contributed by atoms with Crippen molar-refractivity contribution in [3.8, 4) is 0 Å². The van der Waals surface area contributed by atoms with Crippen molar-refractivity contribution in [2.24, 2.45) is 0 Å². The first-order valence-corrected chi connectivity index (χ1v) is 5.68. The van der Waals surface area contributed by atoms with Crippen molar-refractivity contribution in [3.05, 3.63) is 15.9 Å². The first-order chi connectivity index (χ1) is 8.34. The second kappa shape index (κ2) is 6.17. The zero-order valence-electron chi connectivity index (χ0n) is 8.92. The first kappa shape index (κ1) is 14.9. The maximum Gasteiger partial charge on any atom is 0.303 e. The van der Waals surface area contributed by atoms with Crippen molar-refractivity contribution in [2.45, 2.75) is 32.2 Å². The maximum atomic E-state index is 12.7. The molecule has 1 aromatic heterocycles. The molecular weight excluding hydrogens is 324 g/mol. The molecule has 0 fully saturated rings. The third kappa shape index (κ3) is 3.44. The summed E-state index contributed by atoms with van der Waals surface area (Å²) < 4.78 is 50.7. The molecule has 0 saturated heterocycles. The Hall–Kier alpha value is -1.12. The third-order valence-corrected chi connectivity index (χ3v) is 2.94. The molecule has 0 aliphatic carbocycles. The van der Waals surface area contributed by atoms with Crippen LogP contribution in [0.2, 0.25) is 0 Å². The fourth-order valence-electron chi connectivity index (χ4n) is 1.37. The third-order valence-electron chi connectivity index (χ3n) is 2.13. The summed E-state index contributed by atoms with van der Waals surface area (Å²) in [6.07, 6.45) is -6.16. The molecule has 0 atom stereocenters. The van der Waals surface area contributed by atoms with Crippen LogP contribution in [0.3, 0.4) is 0 Å². The molecule has 9 heteroatoms. The van der Waals surface area contributed by atoms with E-state index in [1.165, 1.54) is 0 Å². The van der Waals surface area contributed by atoms with E-state index in [0.29, 0.717) is 0 Å². The summed E-state index contributed by atoms with van der Waals surface area (Å²) >= 11 is 2.66. The van der Waals surface area contributed by atoms with Gasteiger partial charge in [0.15, 0.2) is 0 Å². The lowest BCUT2D eigenvalue weighted by atomic mass is 10.3. The molecule has 1 rings (SSSR count). The molecule has 4 nitrogen and oxygen atoms in total. The van der Waals surface area contributed by atoms with Gasteiger partial charge in [0.25, 0.3) is 12.9 Å². The van der Waals surface area contributed by atoms with Crippen LogP contribution in [-0.4, -0.2) is 20.9 Å². The van der Waals surface area contributed by atoms with E-state index in [1.807, 2.05) is 0 Å². The zero-order chi connectivity index (χ0) is 13.9. The number of aliphatic carboxylic acids is 1. The molecule has 0 aliphatic rings. The lowest BCUT2D eigenvalue weighted by molar-refractivity contribution is -0.137. The number of carboxylic acid groups (broad SMARTS) is 1. The van der Waals surface area contributed by atoms with Crippen molar-refractivity contribution in [1.82, 2.24) is 9.78 Å². The Bertz CT molecular complexity index is 436. The maximum absolute atomic E-state index is 12.7. The average Bonchev–Trinajstić information content (AvgIpc) is 2.55. The van der Waals surface area contributed by atoms with Gasteiger partial charge in [0.1, 0.15) is 11.4 Å². The molecule has 0 unspecified atom stereocenters. The van der Waals surface area contributed by atoms with Gasteiger partial charge in [-0.1, -0.05) is 0 Å². The predicted molar refractivity (Wildman–Crippen MR) is 56.7 cm³/mol. The van der Waals surface area contributed by atoms with E-state index in [-0.39, 0.29) is 19.4 Å². The van der Waals surface area contributed by atoms with Crippen LogP contribution < -0.4 is 0 Å². The van der Waals surface area contributed by atoms with Crippen molar-refractivity contribution >= 4 is 21.9 Å². The number of aromatic nitrogens is 2. The number of carbonyl (C=O) groups is 1. The molecular formula is C9H9BrF4N2O2. The predicted octanol–water partition coefficient (Wildman–Crippen LogP) is 3.39. The van der Waals surface area contributed by atoms with Crippen LogP contribution in [0.5, 0.6) is 0 Å². The Morgan fingerprint density at radius 1 is 1.33 bits per heavy atom. The normalized spacial score (nSPS) is 11.5. The SMILES string of the molecule is O=C(O)CCCn1nc(C(F)F)c(Br)c1C(F)F. The molecule has 0 aliphatic heterocycles. The largest absolute Gasteiger partial charge is 0.481 e. The lowest BCUT2D eigenvalue weighted by Crippen LogP contribution is -2.08. The van der Waals surface area contributed by atoms with E-state index in [0.717, 1.165) is 4.68 Å². The Morgan fingerprint density at radius 3 is 2.39 bits per heavy atom. The second-order valence-corrected chi connectivity index (χ2v) is 4.20. The minimum Gasteiger partial charge on any atom is -0.481 e. The van der Waals surface area contributed by atoms with Gasteiger partial charge in [0.2, 0.25) is 0 Å². The Morgan fingerprint density at radius 2 is 1.94 bits per heavy atom. The highest BCUT2D eigenvalue weighted by molar-refractivity contribution is 9.10. The minimum absolute atomic E-state index is 0.0336. The van der Waals surface area contributed by atoms with E-state index in [1.54, 1.807) is 0 Å². The summed E-state index contributed by atoms with van der Waals surface area (Å²) in [5.74, 6) is -1.09. The number of halogens is 5. The molecule has 0 saturated carbocycles. The molecule has 0 aromatic carbocycles. The number of hydrogen-bond donors (Lipinski definition) is 1. The van der Waals surface area contributed by atoms with Gasteiger partial charge in [-0.15, -0.1) is 0 Å². The van der Waals surface area contributed by atoms with Gasteiger partial charge in [0.05, 0.1) is 4.47 Å². The van der Waals surface area contributed by atoms with Gasteiger partial charge in [-0.05, 0) is 22.4 Å². The number of aryl methyl sites for hydroxylation is 1. The van der Waals surface area contributed by atoms with E-state index >= 15 is 0 Å². The Labute approximate surface area is 108 Å². The van der Waals surface area contributed by atoms with Gasteiger partial charge in [-0.3, -0.25) is 9.48 Å². The molecule has 0 spiro atoms. The number of carboxylic acids is 1. The van der Waals surface area contributed by atoms with Crippen LogP contribution in [0.25, 0.3) is 0 Å². The van der Waals surface area contributed by atoms with Crippen LogP contribution in [0, 0.1) is 0 Å². The lowest BCUT2D eigenvalue weighted by Gasteiger charge is -2.05. The van der Waals surface area contributed by atoms with Crippen LogP contribution in [0.4, 0.5) is 17.6 Å². The van der Waals surface area contributed by atoms with Crippen LogP contribution >= 0.6 is 15.9 Å². The topological polar surface area (TPSA) is 55.1 Å². The van der Waals surface area contributed by atoms with Crippen molar-refractivity contribution in [1.29, 1.82) is 0 Å². The quantitative estimate of drug-likeness (QED) is 0.812. The molecule has 1 aromatic rings. The average molecular weight is 333 g/mol. The van der Waals surface area contributed by atoms with Crippen LogP contribution in [0.15, 0.2) is 4.47 Å². The number of alkyl halides is 4. The fourth-order valence-corrected chi connectivity index (χ4v) is 2.00. The van der Waals surface area contributed by atoms with Gasteiger partial charge in [0, 0.05) is 13.0 Å². The standard InChI is InChI=1S/C9H9BrF4N2O2/c10-5-6(8(11)12)15-16(7(5)9(13)14)3-1-2-4(17)18/h8-9H,1-3H2,(H,17,18). The summed E-state index contributed by atoms with van der Waals surface area (Å²) in [6.45, 7) is -0.155. The summed E-state index contributed by atoms with van der Waals surface area (Å²) in [5, 5.41) is 11.8. The van der Waals surface area contributed by atoms with Crippen LogP contribution in [-0.2, 0) is 11.3 Å². The Balaban J connectivity index is 2.95. The zero-order valence-corrected chi connectivity index (χ0v) is 10.5. The highest BCUT2D eigenvalue weighted by Crippen LogP contribution is 2.34. The first-order valence-electron chi connectivity index (χ1n) is 4.88. The van der Waals surface area contributed by atoms with Gasteiger partial charge in [-0.25, -0.2) is 17.6 Å². The van der Waals surface area contributed by atoms with Gasteiger partial charge < -0.3 is 5.11 Å². The number of rotatable bonds is 6. The molecule has 1 heterocycles. The van der Waals surface area contributed by atoms with E-state index in [4.69, 9.17) is 5.11 Å². The van der Waals surface area contributed by atoms with E-state index in [2.05, 4.69) is 21.0 Å². The van der Waals surface area contributed by atoms with Gasteiger partial charge >= 0.3 is 5.97 Å². The highest BCUT2D eigenvalue weighted by Gasteiger charge is 2.27. The monoisotopic (exact) mass is 332 g/mol. The minimum atomic E-state index is -2.97. The van der Waals surface area contributed by atoms with Crippen molar-refractivity contribution < 1.29 is 27.5 Å². The summed E-state index contributed by atoms with van der Waals surface area (Å²) in [4.78, 5) is 10.3. The van der Waals surface area contributed by atoms with Gasteiger partial charge in [-0.2, -0.15) is 5.10 Å². The van der Waals surface area contributed by atoms with E-state index < -0.39 is 34.7 Å². The molecule has 0 bridgehead atoms. The second-order valence-electron chi connectivity index (χ2n) is 3.41. The summed E-state index contributed by atoms with van der Waals surface area (Å²) in [5.41, 5.74) is -1.42. The molecule has 0 radical (unpaired) electrons. The highest BCUT2D eigenvalue weighted by atomic mass is 79.9. The smallest absolute Gasteiger partial charge is 0.303 e.